The summed E-state index contributed by atoms with van der Waals surface area (Å²) >= 11 is 1.54. The fraction of sp³-hybridized carbons (Fsp3) is 0.500. The normalized spacial score (nSPS) is 10.1. The Morgan fingerprint density at radius 2 is 2.19 bits per heavy atom. The van der Waals surface area contributed by atoms with Crippen molar-refractivity contribution in [1.82, 2.24) is 9.88 Å². The molecule has 1 rings (SSSR count). The van der Waals surface area contributed by atoms with Gasteiger partial charge in [-0.15, -0.1) is 11.3 Å². The van der Waals surface area contributed by atoms with Gasteiger partial charge in [-0.1, -0.05) is 0 Å². The predicted octanol–water partition coefficient (Wildman–Crippen LogP) is 1.27. The second-order valence-electron chi connectivity index (χ2n) is 3.49. The number of aliphatic carboxylic acids is 1. The molecule has 1 aromatic rings. The van der Waals surface area contributed by atoms with Crippen molar-refractivity contribution in [3.8, 4) is 0 Å². The average molecular weight is 242 g/mol. The van der Waals surface area contributed by atoms with Gasteiger partial charge in [-0.25, -0.2) is 4.98 Å². The highest BCUT2D eigenvalue weighted by atomic mass is 32.1. The third-order valence-corrected chi connectivity index (χ3v) is 2.94. The van der Waals surface area contributed by atoms with Crippen LogP contribution in [0.4, 0.5) is 0 Å². The Labute approximate surface area is 97.7 Å². The Morgan fingerprint density at radius 3 is 2.69 bits per heavy atom. The lowest BCUT2D eigenvalue weighted by molar-refractivity contribution is -0.140. The highest BCUT2D eigenvalue weighted by molar-refractivity contribution is 7.11. The summed E-state index contributed by atoms with van der Waals surface area (Å²) in [5, 5.41) is 9.42. The van der Waals surface area contributed by atoms with Crippen LogP contribution in [-0.2, 0) is 16.1 Å². The van der Waals surface area contributed by atoms with E-state index in [0.717, 1.165) is 9.88 Å². The van der Waals surface area contributed by atoms with Crippen LogP contribution in [0.1, 0.15) is 22.7 Å². The van der Waals surface area contributed by atoms with Crippen LogP contribution in [0.3, 0.4) is 0 Å². The molecule has 0 fully saturated rings. The maximum absolute atomic E-state index is 11.5. The van der Waals surface area contributed by atoms with Crippen molar-refractivity contribution in [3.63, 3.8) is 0 Å². The van der Waals surface area contributed by atoms with Gasteiger partial charge in [0.05, 0.1) is 18.0 Å². The number of aromatic nitrogens is 1. The number of carboxylic acids is 1. The molecule has 88 valence electrons. The van der Waals surface area contributed by atoms with Crippen LogP contribution in [0.2, 0.25) is 0 Å². The first kappa shape index (κ1) is 12.6. The van der Waals surface area contributed by atoms with Crippen LogP contribution in [-0.4, -0.2) is 33.9 Å². The number of carbonyl (C=O) groups excluding carboxylic acids is 1. The van der Waals surface area contributed by atoms with Gasteiger partial charge in [0.2, 0.25) is 5.91 Å². The summed E-state index contributed by atoms with van der Waals surface area (Å²) in [5.74, 6) is -1.11. The Morgan fingerprint density at radius 1 is 1.50 bits per heavy atom. The van der Waals surface area contributed by atoms with Crippen molar-refractivity contribution in [2.45, 2.75) is 26.3 Å². The summed E-state index contributed by atoms with van der Waals surface area (Å²) in [6.07, 6.45) is 1.66. The summed E-state index contributed by atoms with van der Waals surface area (Å²) in [4.78, 5) is 28.4. The van der Waals surface area contributed by atoms with Gasteiger partial charge >= 0.3 is 5.97 Å². The van der Waals surface area contributed by atoms with Crippen LogP contribution in [0.15, 0.2) is 6.20 Å². The zero-order valence-corrected chi connectivity index (χ0v) is 10.1. The summed E-state index contributed by atoms with van der Waals surface area (Å²) < 4.78 is 0. The molecular formula is C10H14N2O3S. The second-order valence-corrected chi connectivity index (χ2v) is 4.81. The quantitative estimate of drug-likeness (QED) is 0.844. The third kappa shape index (κ3) is 3.98. The predicted molar refractivity (Wildman–Crippen MR) is 60.2 cm³/mol. The minimum atomic E-state index is -0.949. The Balaban J connectivity index is 2.42. The van der Waals surface area contributed by atoms with Crippen LogP contribution in [0.5, 0.6) is 0 Å². The molecule has 16 heavy (non-hydrogen) atoms. The molecule has 0 aliphatic heterocycles. The fourth-order valence-electron chi connectivity index (χ4n) is 1.21. The molecule has 0 unspecified atom stereocenters. The average Bonchev–Trinajstić information content (AvgIpc) is 2.60. The van der Waals surface area contributed by atoms with Gasteiger partial charge in [0, 0.05) is 24.5 Å². The zero-order chi connectivity index (χ0) is 12.1. The Bertz CT molecular complexity index is 389. The molecule has 0 saturated carbocycles. The first-order valence-corrected chi connectivity index (χ1v) is 5.67. The zero-order valence-electron chi connectivity index (χ0n) is 9.27. The number of nitrogens with zero attached hydrogens (tertiary/aromatic N) is 2. The molecular weight excluding hydrogens is 228 g/mol. The van der Waals surface area contributed by atoms with Crippen LogP contribution >= 0.6 is 11.3 Å². The van der Waals surface area contributed by atoms with Crippen molar-refractivity contribution >= 4 is 23.2 Å². The second kappa shape index (κ2) is 5.60. The van der Waals surface area contributed by atoms with Gasteiger partial charge in [-0.3, -0.25) is 9.59 Å². The number of carboxylic acid groups (broad SMARTS) is 1. The van der Waals surface area contributed by atoms with E-state index in [1.165, 1.54) is 16.2 Å². The van der Waals surface area contributed by atoms with Crippen molar-refractivity contribution in [3.05, 3.63) is 16.1 Å². The monoisotopic (exact) mass is 242 g/mol. The molecule has 0 aromatic carbocycles. The molecule has 0 atom stereocenters. The SMILES string of the molecule is Cc1ncc(CN(C)C(=O)CCC(=O)O)s1. The van der Waals surface area contributed by atoms with Crippen LogP contribution in [0.25, 0.3) is 0 Å². The highest BCUT2D eigenvalue weighted by Crippen LogP contribution is 2.13. The maximum atomic E-state index is 11.5. The first-order chi connectivity index (χ1) is 7.49. The molecule has 1 heterocycles. The lowest BCUT2D eigenvalue weighted by atomic mass is 10.3. The summed E-state index contributed by atoms with van der Waals surface area (Å²) in [5.41, 5.74) is 0. The van der Waals surface area contributed by atoms with Crippen molar-refractivity contribution < 1.29 is 14.7 Å². The number of hydrogen-bond acceptors (Lipinski definition) is 4. The number of amides is 1. The molecule has 0 saturated heterocycles. The van der Waals surface area contributed by atoms with E-state index < -0.39 is 5.97 Å². The maximum Gasteiger partial charge on any atom is 0.303 e. The van der Waals surface area contributed by atoms with E-state index in [1.54, 1.807) is 13.2 Å². The molecule has 1 amide bonds. The minimum absolute atomic E-state index is 0.0453. The van der Waals surface area contributed by atoms with Gasteiger partial charge in [0.15, 0.2) is 0 Å². The minimum Gasteiger partial charge on any atom is -0.481 e. The van der Waals surface area contributed by atoms with E-state index in [4.69, 9.17) is 5.11 Å². The summed E-state index contributed by atoms with van der Waals surface area (Å²) in [7, 11) is 1.67. The van der Waals surface area contributed by atoms with E-state index in [-0.39, 0.29) is 18.7 Å². The van der Waals surface area contributed by atoms with Crippen molar-refractivity contribution in [1.29, 1.82) is 0 Å². The van der Waals surface area contributed by atoms with Gasteiger partial charge in [-0.2, -0.15) is 0 Å². The van der Waals surface area contributed by atoms with E-state index in [1.807, 2.05) is 6.92 Å². The Kier molecular flexibility index (Phi) is 4.42. The molecule has 0 aliphatic carbocycles. The van der Waals surface area contributed by atoms with E-state index in [0.29, 0.717) is 6.54 Å². The van der Waals surface area contributed by atoms with Gasteiger partial charge < -0.3 is 10.0 Å². The van der Waals surface area contributed by atoms with E-state index >= 15 is 0 Å². The van der Waals surface area contributed by atoms with Crippen LogP contribution in [0, 0.1) is 6.92 Å². The number of thiazole rings is 1. The lowest BCUT2D eigenvalue weighted by Gasteiger charge is -2.15. The first-order valence-electron chi connectivity index (χ1n) is 4.86. The van der Waals surface area contributed by atoms with Crippen molar-refractivity contribution in [2.24, 2.45) is 0 Å². The summed E-state index contributed by atoms with van der Waals surface area (Å²) in [6.45, 7) is 2.39. The van der Waals surface area contributed by atoms with Gasteiger partial charge in [-0.05, 0) is 6.92 Å². The largest absolute Gasteiger partial charge is 0.481 e. The van der Waals surface area contributed by atoms with Crippen LogP contribution < -0.4 is 0 Å². The molecule has 0 spiro atoms. The van der Waals surface area contributed by atoms with Gasteiger partial charge in [0.25, 0.3) is 0 Å². The molecule has 0 aliphatic rings. The third-order valence-electron chi connectivity index (χ3n) is 2.04. The summed E-state index contributed by atoms with van der Waals surface area (Å²) in [6, 6.07) is 0. The molecule has 0 radical (unpaired) electrons. The Hall–Kier alpha value is -1.43. The molecule has 6 heteroatoms. The molecule has 1 aromatic heterocycles. The topological polar surface area (TPSA) is 70.5 Å². The molecule has 1 N–H and O–H groups in total. The van der Waals surface area contributed by atoms with E-state index in [2.05, 4.69) is 4.98 Å². The van der Waals surface area contributed by atoms with E-state index in [9.17, 15) is 9.59 Å². The molecule has 0 bridgehead atoms. The molecule has 5 nitrogen and oxygen atoms in total. The number of carbonyl (C=O) groups is 2. The van der Waals surface area contributed by atoms with Gasteiger partial charge in [0.1, 0.15) is 0 Å². The highest BCUT2D eigenvalue weighted by Gasteiger charge is 2.12. The lowest BCUT2D eigenvalue weighted by Crippen LogP contribution is -2.26. The smallest absolute Gasteiger partial charge is 0.303 e. The number of rotatable bonds is 5. The van der Waals surface area contributed by atoms with Crippen molar-refractivity contribution in [2.75, 3.05) is 7.05 Å². The number of hydrogen-bond donors (Lipinski definition) is 1. The number of aryl methyl sites for hydroxylation is 1. The standard InChI is InChI=1S/C10H14N2O3S/c1-7-11-5-8(16-7)6-12(2)9(13)3-4-10(14)15/h5H,3-4,6H2,1-2H3,(H,14,15). The fourth-order valence-corrected chi connectivity index (χ4v) is 2.05.